The fourth-order valence-electron chi connectivity index (χ4n) is 3.11. The maximum Gasteiger partial charge on any atom is 0.303 e. The number of aromatic amines is 1. The van der Waals surface area contributed by atoms with E-state index in [-0.39, 0.29) is 17.2 Å². The highest BCUT2D eigenvalue weighted by Gasteiger charge is 2.48. The zero-order valence-corrected chi connectivity index (χ0v) is 16.6. The van der Waals surface area contributed by atoms with Crippen LogP contribution in [0, 0.1) is 4.64 Å². The average Bonchev–Trinajstić information content (AvgIpc) is 3.00. The third kappa shape index (κ3) is 4.35. The van der Waals surface area contributed by atoms with Crippen LogP contribution in [0.15, 0.2) is 6.33 Å². The number of fused-ring (bicyclic) bond motifs is 1. The molecule has 0 saturated carbocycles. The standard InChI is InChI=1S/C16H19N5O7S/c1-6(22)26-9-4-25-15(12(28-8(3)24)11(9)27-7(2)23)21-5-18-10-13(21)19-16(17)20-14(10)29/h5,9,11-12,15H,4H2,1-3H3,(H3,17,19,20,29)/t9-,11+,12+,15-/m0/s1. The van der Waals surface area contributed by atoms with Gasteiger partial charge in [0.2, 0.25) is 0 Å². The number of aromatic nitrogens is 4. The fourth-order valence-corrected chi connectivity index (χ4v) is 3.35. The summed E-state index contributed by atoms with van der Waals surface area (Å²) in [7, 11) is 0. The van der Waals surface area contributed by atoms with Crippen molar-refractivity contribution in [2.75, 3.05) is 12.3 Å². The van der Waals surface area contributed by atoms with Crippen LogP contribution in [0.1, 0.15) is 27.0 Å². The maximum atomic E-state index is 11.8. The molecule has 0 amide bonds. The zero-order valence-electron chi connectivity index (χ0n) is 15.8. The number of hydrogen-bond donors (Lipinski definition) is 2. The number of carbonyl (C=O) groups excluding carboxylic acids is 3. The number of nitrogens with one attached hydrogen (secondary N) is 1. The van der Waals surface area contributed by atoms with E-state index in [0.717, 1.165) is 0 Å². The van der Waals surface area contributed by atoms with Gasteiger partial charge in [0.1, 0.15) is 11.2 Å². The molecule has 3 N–H and O–H groups in total. The van der Waals surface area contributed by atoms with E-state index in [1.54, 1.807) is 0 Å². The zero-order chi connectivity index (χ0) is 21.3. The first kappa shape index (κ1) is 20.7. The lowest BCUT2D eigenvalue weighted by Gasteiger charge is -2.40. The molecule has 3 rings (SSSR count). The van der Waals surface area contributed by atoms with Crippen LogP contribution in [0.5, 0.6) is 0 Å². The third-order valence-corrected chi connectivity index (χ3v) is 4.35. The number of nitrogen functional groups attached to an aromatic ring is 1. The van der Waals surface area contributed by atoms with Crippen LogP contribution in [-0.4, -0.2) is 62.3 Å². The molecule has 1 fully saturated rings. The van der Waals surface area contributed by atoms with Gasteiger partial charge >= 0.3 is 17.9 Å². The molecular formula is C16H19N5O7S. The summed E-state index contributed by atoms with van der Waals surface area (Å²) in [5.41, 5.74) is 6.47. The molecular weight excluding hydrogens is 406 g/mol. The van der Waals surface area contributed by atoms with Gasteiger partial charge in [-0.25, -0.2) is 9.97 Å². The molecule has 0 radical (unpaired) electrons. The Labute approximate surface area is 169 Å². The molecule has 2 aromatic heterocycles. The van der Waals surface area contributed by atoms with E-state index < -0.39 is 42.4 Å². The van der Waals surface area contributed by atoms with Crippen molar-refractivity contribution in [2.24, 2.45) is 0 Å². The second-order valence-corrected chi connectivity index (χ2v) is 6.68. The summed E-state index contributed by atoms with van der Waals surface area (Å²) in [5.74, 6) is -1.85. The number of rotatable bonds is 4. The molecule has 4 atom stereocenters. The highest BCUT2D eigenvalue weighted by Crippen LogP contribution is 2.32. The Hall–Kier alpha value is -3.06. The molecule has 0 aromatic carbocycles. The summed E-state index contributed by atoms with van der Waals surface area (Å²) in [6, 6.07) is 0. The van der Waals surface area contributed by atoms with Crippen LogP contribution in [0.2, 0.25) is 0 Å². The predicted molar refractivity (Wildman–Crippen MR) is 98.8 cm³/mol. The van der Waals surface area contributed by atoms with Gasteiger partial charge in [0.05, 0.1) is 12.9 Å². The first-order chi connectivity index (χ1) is 13.7. The summed E-state index contributed by atoms with van der Waals surface area (Å²) in [6.07, 6.45) is -2.82. The van der Waals surface area contributed by atoms with E-state index in [1.807, 2.05) is 0 Å². The van der Waals surface area contributed by atoms with Crippen LogP contribution in [0.25, 0.3) is 11.2 Å². The van der Waals surface area contributed by atoms with Gasteiger partial charge in [-0.1, -0.05) is 12.2 Å². The molecule has 3 heterocycles. The third-order valence-electron chi connectivity index (χ3n) is 4.06. The summed E-state index contributed by atoms with van der Waals surface area (Å²) in [6.45, 7) is 3.47. The minimum absolute atomic E-state index is 0.0541. The van der Waals surface area contributed by atoms with E-state index in [2.05, 4.69) is 15.0 Å². The monoisotopic (exact) mass is 425 g/mol. The topological polar surface area (TPSA) is 161 Å². The van der Waals surface area contributed by atoms with Crippen LogP contribution >= 0.6 is 12.2 Å². The maximum absolute atomic E-state index is 11.8. The smallest absolute Gasteiger partial charge is 0.303 e. The predicted octanol–water partition coefficient (Wildman–Crippen LogP) is 0.395. The van der Waals surface area contributed by atoms with Gasteiger partial charge in [0.15, 0.2) is 35.1 Å². The van der Waals surface area contributed by atoms with Gasteiger partial charge in [-0.05, 0) is 0 Å². The van der Waals surface area contributed by atoms with Gasteiger partial charge in [-0.3, -0.25) is 19.0 Å². The molecule has 156 valence electrons. The minimum atomic E-state index is -1.15. The van der Waals surface area contributed by atoms with Crippen molar-refractivity contribution in [1.82, 2.24) is 19.5 Å². The summed E-state index contributed by atoms with van der Waals surface area (Å²) in [5, 5.41) is 0. The lowest BCUT2D eigenvalue weighted by molar-refractivity contribution is -0.239. The fraction of sp³-hybridized carbons (Fsp3) is 0.500. The van der Waals surface area contributed by atoms with Crippen molar-refractivity contribution in [3.63, 3.8) is 0 Å². The van der Waals surface area contributed by atoms with E-state index in [1.165, 1.54) is 31.7 Å². The Morgan fingerprint density at radius 1 is 1.17 bits per heavy atom. The van der Waals surface area contributed by atoms with Gasteiger partial charge in [-0.2, -0.15) is 0 Å². The number of hydrogen-bond acceptors (Lipinski definition) is 11. The summed E-state index contributed by atoms with van der Waals surface area (Å²) >= 11 is 5.16. The SMILES string of the molecule is CC(=O)O[C@@H]1[C@H](OC(C)=O)[C@@H](OC(C)=O)CO[C@@H]1n1cnc2c(=S)nc(N)[nH]c21. The largest absolute Gasteiger partial charge is 0.456 e. The highest BCUT2D eigenvalue weighted by molar-refractivity contribution is 7.71. The Kier molecular flexibility index (Phi) is 5.79. The molecule has 0 unspecified atom stereocenters. The van der Waals surface area contributed by atoms with Crippen molar-refractivity contribution in [1.29, 1.82) is 0 Å². The van der Waals surface area contributed by atoms with Crippen molar-refractivity contribution in [3.8, 4) is 0 Å². The summed E-state index contributed by atoms with van der Waals surface area (Å²) in [4.78, 5) is 45.8. The van der Waals surface area contributed by atoms with Crippen molar-refractivity contribution >= 4 is 47.2 Å². The van der Waals surface area contributed by atoms with E-state index in [9.17, 15) is 14.4 Å². The molecule has 2 aromatic rings. The average molecular weight is 425 g/mol. The second kappa shape index (κ2) is 8.13. The molecule has 0 bridgehead atoms. The van der Waals surface area contributed by atoms with Crippen molar-refractivity contribution in [2.45, 2.75) is 45.3 Å². The minimum Gasteiger partial charge on any atom is -0.456 e. The van der Waals surface area contributed by atoms with Crippen LogP contribution in [0.4, 0.5) is 5.95 Å². The molecule has 0 spiro atoms. The van der Waals surface area contributed by atoms with E-state index in [4.69, 9.17) is 36.9 Å². The lowest BCUT2D eigenvalue weighted by Crippen LogP contribution is -2.55. The number of carbonyl (C=O) groups is 3. The van der Waals surface area contributed by atoms with Crippen LogP contribution < -0.4 is 5.73 Å². The number of esters is 3. The molecule has 12 nitrogen and oxygen atoms in total. The molecule has 0 aliphatic carbocycles. The molecule has 29 heavy (non-hydrogen) atoms. The number of imidazole rings is 1. The number of H-pyrrole nitrogens is 1. The lowest BCUT2D eigenvalue weighted by atomic mass is 10.0. The first-order valence-electron chi connectivity index (χ1n) is 8.53. The normalized spacial score (nSPS) is 24.1. The number of nitrogens with zero attached hydrogens (tertiary/aromatic N) is 3. The number of anilines is 1. The molecule has 1 aliphatic heterocycles. The Morgan fingerprint density at radius 2 is 1.79 bits per heavy atom. The van der Waals surface area contributed by atoms with Gasteiger partial charge in [0, 0.05) is 20.8 Å². The van der Waals surface area contributed by atoms with Crippen molar-refractivity contribution < 1.29 is 33.3 Å². The Morgan fingerprint density at radius 3 is 2.41 bits per heavy atom. The number of nitrogens with two attached hydrogens (primary N) is 1. The van der Waals surface area contributed by atoms with Crippen LogP contribution in [-0.2, 0) is 33.3 Å². The Balaban J connectivity index is 2.07. The number of ether oxygens (including phenoxy) is 4. The summed E-state index contributed by atoms with van der Waals surface area (Å²) < 4.78 is 23.4. The van der Waals surface area contributed by atoms with Gasteiger partial charge in [0.25, 0.3) is 0 Å². The van der Waals surface area contributed by atoms with Crippen LogP contribution in [0.3, 0.4) is 0 Å². The molecule has 13 heteroatoms. The van der Waals surface area contributed by atoms with Gasteiger partial charge in [-0.15, -0.1) is 0 Å². The second-order valence-electron chi connectivity index (χ2n) is 6.30. The van der Waals surface area contributed by atoms with E-state index >= 15 is 0 Å². The molecule has 1 saturated heterocycles. The highest BCUT2D eigenvalue weighted by atomic mass is 32.1. The Bertz CT molecular complexity index is 1020. The van der Waals surface area contributed by atoms with Crippen molar-refractivity contribution in [3.05, 3.63) is 11.0 Å². The quantitative estimate of drug-likeness (QED) is 0.396. The first-order valence-corrected chi connectivity index (χ1v) is 8.93. The molecule has 1 aliphatic rings. The van der Waals surface area contributed by atoms with E-state index in [0.29, 0.717) is 11.2 Å². The van der Waals surface area contributed by atoms with Gasteiger partial charge < -0.3 is 29.7 Å².